The van der Waals surface area contributed by atoms with Crippen molar-refractivity contribution in [3.05, 3.63) is 82.9 Å². The van der Waals surface area contributed by atoms with E-state index in [2.05, 4.69) is 5.32 Å². The van der Waals surface area contributed by atoms with Crippen molar-refractivity contribution >= 4 is 40.1 Å². The predicted molar refractivity (Wildman–Crippen MR) is 129 cm³/mol. The molecule has 172 valence electrons. The Hall–Kier alpha value is -4.39. The van der Waals surface area contributed by atoms with Crippen molar-refractivity contribution in [2.75, 3.05) is 26.6 Å². The van der Waals surface area contributed by atoms with Gasteiger partial charge in [0.2, 0.25) is 0 Å². The van der Waals surface area contributed by atoms with Gasteiger partial charge in [-0.1, -0.05) is 48.5 Å². The number of para-hydroxylation sites is 1. The fourth-order valence-corrected chi connectivity index (χ4v) is 4.35. The fourth-order valence-electron chi connectivity index (χ4n) is 4.35. The van der Waals surface area contributed by atoms with Crippen LogP contribution in [0.4, 0.5) is 11.4 Å². The summed E-state index contributed by atoms with van der Waals surface area (Å²) in [6.07, 6.45) is 0. The summed E-state index contributed by atoms with van der Waals surface area (Å²) in [6.45, 7) is 1.72. The predicted octanol–water partition coefficient (Wildman–Crippen LogP) is 5.36. The van der Waals surface area contributed by atoms with Crippen LogP contribution in [0, 0.1) is 6.92 Å². The Labute approximate surface area is 196 Å². The first kappa shape index (κ1) is 22.8. The summed E-state index contributed by atoms with van der Waals surface area (Å²) in [5, 5.41) is 4.35. The van der Waals surface area contributed by atoms with Crippen molar-refractivity contribution in [3.8, 4) is 11.1 Å². The Balaban J connectivity index is 2.30. The molecule has 0 saturated carbocycles. The van der Waals surface area contributed by atoms with Gasteiger partial charge < -0.3 is 19.5 Å². The number of hydrogen-bond donors (Lipinski definition) is 1. The van der Waals surface area contributed by atoms with Crippen LogP contribution in [-0.4, -0.2) is 39.2 Å². The van der Waals surface area contributed by atoms with Crippen molar-refractivity contribution in [3.63, 3.8) is 0 Å². The van der Waals surface area contributed by atoms with Crippen LogP contribution in [0.3, 0.4) is 0 Å². The zero-order valence-electron chi connectivity index (χ0n) is 19.2. The molecule has 0 bridgehead atoms. The third-order valence-corrected chi connectivity index (χ3v) is 5.79. The van der Waals surface area contributed by atoms with Gasteiger partial charge in [0.15, 0.2) is 0 Å². The summed E-state index contributed by atoms with van der Waals surface area (Å²) in [6, 6.07) is 18.3. The number of ether oxygens (including phenoxy) is 3. The molecular weight excluding hydrogens is 434 g/mol. The van der Waals surface area contributed by atoms with Crippen LogP contribution in [0.15, 0.2) is 60.7 Å². The van der Waals surface area contributed by atoms with Crippen LogP contribution >= 0.6 is 0 Å². The average Bonchev–Trinajstić information content (AvgIpc) is 3.00. The molecule has 7 heteroatoms. The number of nitrogens with one attached hydrogen (secondary N) is 1. The Morgan fingerprint density at radius 1 is 0.618 bits per heavy atom. The minimum Gasteiger partial charge on any atom is -0.465 e. The van der Waals surface area contributed by atoms with Gasteiger partial charge in [0, 0.05) is 11.1 Å². The first-order chi connectivity index (χ1) is 16.4. The number of carbonyl (C=O) groups is 3. The lowest BCUT2D eigenvalue weighted by atomic mass is 9.92. The molecule has 7 nitrogen and oxygen atoms in total. The maximum absolute atomic E-state index is 13.1. The molecule has 2 aliphatic carbocycles. The van der Waals surface area contributed by atoms with Crippen LogP contribution in [0.25, 0.3) is 21.9 Å². The molecule has 0 amide bonds. The monoisotopic (exact) mass is 457 g/mol. The topological polar surface area (TPSA) is 90.9 Å². The number of benzene rings is 2. The minimum absolute atomic E-state index is 0.0203. The molecule has 1 N–H and O–H groups in total. The van der Waals surface area contributed by atoms with Gasteiger partial charge in [0.25, 0.3) is 0 Å². The van der Waals surface area contributed by atoms with E-state index < -0.39 is 17.9 Å². The summed E-state index contributed by atoms with van der Waals surface area (Å²) in [5.74, 6) is -2.00. The Bertz CT molecular complexity index is 1390. The van der Waals surface area contributed by atoms with Gasteiger partial charge in [-0.15, -0.1) is 0 Å². The third-order valence-electron chi connectivity index (χ3n) is 5.79. The van der Waals surface area contributed by atoms with E-state index in [9.17, 15) is 14.4 Å². The second kappa shape index (κ2) is 9.23. The highest BCUT2D eigenvalue weighted by Crippen LogP contribution is 2.48. The zero-order chi connectivity index (χ0) is 24.4. The SMILES string of the molecule is COC(=O)c1c(C(=O)OC)c(Nc2ccccc2)c2c(C(=O)OC)c3cccccc-3c2c1C. The van der Waals surface area contributed by atoms with Gasteiger partial charge >= 0.3 is 17.9 Å². The number of carbonyl (C=O) groups excluding carboxylic acids is 3. The zero-order valence-corrected chi connectivity index (χ0v) is 19.2. The molecule has 34 heavy (non-hydrogen) atoms. The summed E-state index contributed by atoms with van der Waals surface area (Å²) in [4.78, 5) is 39.1. The largest absolute Gasteiger partial charge is 0.465 e. The second-order valence-corrected chi connectivity index (χ2v) is 7.58. The molecule has 4 rings (SSSR count). The normalized spacial score (nSPS) is 10.7. The number of aryl methyl sites for hydroxylation is 1. The number of anilines is 2. The number of methoxy groups -OCH3 is 3. The van der Waals surface area contributed by atoms with E-state index in [0.29, 0.717) is 27.6 Å². The molecule has 2 aliphatic rings. The molecule has 0 atom stereocenters. The molecule has 0 radical (unpaired) electrons. The molecule has 0 aromatic heterocycles. The second-order valence-electron chi connectivity index (χ2n) is 7.58. The van der Waals surface area contributed by atoms with Crippen LogP contribution in [-0.2, 0) is 14.2 Å². The third kappa shape index (κ3) is 3.61. The summed E-state index contributed by atoms with van der Waals surface area (Å²) in [7, 11) is 3.79. The van der Waals surface area contributed by atoms with Crippen molar-refractivity contribution in [1.82, 2.24) is 0 Å². The van der Waals surface area contributed by atoms with E-state index >= 15 is 0 Å². The van der Waals surface area contributed by atoms with Crippen molar-refractivity contribution in [1.29, 1.82) is 0 Å². The van der Waals surface area contributed by atoms with Crippen molar-refractivity contribution < 1.29 is 28.6 Å². The average molecular weight is 457 g/mol. The van der Waals surface area contributed by atoms with Crippen LogP contribution in [0.5, 0.6) is 0 Å². The molecule has 0 fully saturated rings. The highest BCUT2D eigenvalue weighted by atomic mass is 16.5. The lowest BCUT2D eigenvalue weighted by molar-refractivity contribution is 0.0555. The summed E-state index contributed by atoms with van der Waals surface area (Å²) < 4.78 is 15.3. The van der Waals surface area contributed by atoms with E-state index in [1.807, 2.05) is 60.7 Å². The van der Waals surface area contributed by atoms with E-state index in [1.54, 1.807) is 6.92 Å². The first-order valence-corrected chi connectivity index (χ1v) is 10.5. The van der Waals surface area contributed by atoms with Crippen LogP contribution in [0.1, 0.15) is 36.6 Å². The van der Waals surface area contributed by atoms with Gasteiger partial charge in [0.1, 0.15) is 0 Å². The Kier molecular flexibility index (Phi) is 6.19. The fraction of sp³-hybridized carbons (Fsp3) is 0.148. The van der Waals surface area contributed by atoms with E-state index in [4.69, 9.17) is 14.2 Å². The van der Waals surface area contributed by atoms with Crippen LogP contribution in [0.2, 0.25) is 0 Å². The van der Waals surface area contributed by atoms with Gasteiger partial charge in [-0.2, -0.15) is 0 Å². The molecule has 2 aromatic rings. The van der Waals surface area contributed by atoms with Gasteiger partial charge in [0.05, 0.1) is 43.7 Å². The number of fused-ring (bicyclic) bond motifs is 3. The number of rotatable bonds is 5. The van der Waals surface area contributed by atoms with Crippen molar-refractivity contribution in [2.45, 2.75) is 6.92 Å². The Morgan fingerprint density at radius 2 is 1.12 bits per heavy atom. The standard InChI is InChI=1S/C27H23NO6/c1-15-19-17-13-9-6-10-14-18(17)21(26(30)33-3)22(19)24(28-16-11-7-5-8-12-16)23(27(31)34-4)20(15)25(29)32-2/h5-14,28H,1-4H3. The molecule has 0 aliphatic heterocycles. The summed E-state index contributed by atoms with van der Waals surface area (Å²) in [5.41, 5.74) is 3.10. The minimum atomic E-state index is -0.740. The maximum Gasteiger partial charge on any atom is 0.340 e. The lowest BCUT2D eigenvalue weighted by Gasteiger charge is -2.19. The molecule has 2 aromatic carbocycles. The quantitative estimate of drug-likeness (QED) is 0.319. The Morgan fingerprint density at radius 3 is 1.71 bits per heavy atom. The molecular formula is C27H23NO6. The van der Waals surface area contributed by atoms with E-state index in [1.165, 1.54) is 21.3 Å². The molecule has 0 heterocycles. The van der Waals surface area contributed by atoms with E-state index in [-0.39, 0.29) is 22.4 Å². The van der Waals surface area contributed by atoms with Crippen LogP contribution < -0.4 is 5.32 Å². The number of hydrogen-bond acceptors (Lipinski definition) is 7. The molecule has 0 spiro atoms. The van der Waals surface area contributed by atoms with Gasteiger partial charge in [-0.3, -0.25) is 0 Å². The van der Waals surface area contributed by atoms with Crippen molar-refractivity contribution in [2.24, 2.45) is 0 Å². The highest BCUT2D eigenvalue weighted by molar-refractivity contribution is 6.27. The highest BCUT2D eigenvalue weighted by Gasteiger charge is 2.34. The summed E-state index contributed by atoms with van der Waals surface area (Å²) >= 11 is 0. The maximum atomic E-state index is 13.1. The lowest BCUT2D eigenvalue weighted by Crippen LogP contribution is -2.17. The van der Waals surface area contributed by atoms with Gasteiger partial charge in [-0.05, 0) is 41.1 Å². The molecule has 0 saturated heterocycles. The molecule has 0 unspecified atom stereocenters. The van der Waals surface area contributed by atoms with Gasteiger partial charge in [-0.25, -0.2) is 14.4 Å². The number of esters is 3. The smallest absolute Gasteiger partial charge is 0.340 e. The van der Waals surface area contributed by atoms with E-state index in [0.717, 1.165) is 5.56 Å². The first-order valence-electron chi connectivity index (χ1n) is 10.5.